The summed E-state index contributed by atoms with van der Waals surface area (Å²) in [6.45, 7) is -0.762. The molecular weight excluding hydrogens is 482 g/mol. The SMILES string of the molecule is O=C(NCc1ccc(C23CCC(O2)C(C(=O)OCCS(=O)(=O)O)C3)cc1)OCCS(=O)(=O)O. The summed E-state index contributed by atoms with van der Waals surface area (Å²) in [6, 6.07) is 7.21. The Hall–Kier alpha value is -2.26. The molecule has 3 unspecified atom stereocenters. The monoisotopic (exact) mass is 507 g/mol. The van der Waals surface area contributed by atoms with Gasteiger partial charge in [-0.1, -0.05) is 24.3 Å². The van der Waals surface area contributed by atoms with Crippen LogP contribution < -0.4 is 5.32 Å². The van der Waals surface area contributed by atoms with E-state index in [0.29, 0.717) is 19.3 Å². The number of benzene rings is 1. The van der Waals surface area contributed by atoms with Crippen molar-refractivity contribution in [1.82, 2.24) is 5.32 Å². The number of hydrogen-bond donors (Lipinski definition) is 3. The molecule has 2 heterocycles. The number of carbonyl (C=O) groups excluding carboxylic acids is 2. The predicted octanol–water partition coefficient (Wildman–Crippen LogP) is 0.626. The van der Waals surface area contributed by atoms with Crippen LogP contribution in [-0.4, -0.2) is 68.8 Å². The van der Waals surface area contributed by atoms with Gasteiger partial charge in [0, 0.05) is 6.54 Å². The fraction of sp³-hybridized carbons (Fsp3) is 0.579. The van der Waals surface area contributed by atoms with Crippen LogP contribution in [0.5, 0.6) is 0 Å². The van der Waals surface area contributed by atoms with Gasteiger partial charge in [-0.05, 0) is 30.4 Å². The average Bonchev–Trinajstić information content (AvgIpc) is 3.31. The highest BCUT2D eigenvalue weighted by atomic mass is 32.2. The molecule has 12 nitrogen and oxygen atoms in total. The Morgan fingerprint density at radius 3 is 2.24 bits per heavy atom. The maximum atomic E-state index is 12.3. The second-order valence-corrected chi connectivity index (χ2v) is 11.1. The van der Waals surface area contributed by atoms with Crippen molar-refractivity contribution in [2.24, 2.45) is 5.92 Å². The zero-order valence-corrected chi connectivity index (χ0v) is 19.1. The molecule has 0 aliphatic carbocycles. The molecule has 2 bridgehead atoms. The number of rotatable bonds is 10. The normalized spacial score (nSPS) is 24.4. The molecule has 1 amide bonds. The molecule has 0 aromatic heterocycles. The van der Waals surface area contributed by atoms with Gasteiger partial charge in [0.2, 0.25) is 0 Å². The molecule has 2 saturated heterocycles. The zero-order chi connectivity index (χ0) is 24.3. The summed E-state index contributed by atoms with van der Waals surface area (Å²) in [5, 5.41) is 2.47. The molecule has 33 heavy (non-hydrogen) atoms. The Bertz CT molecular complexity index is 1090. The Morgan fingerprint density at radius 2 is 1.64 bits per heavy atom. The maximum Gasteiger partial charge on any atom is 0.407 e. The predicted molar refractivity (Wildman–Crippen MR) is 112 cm³/mol. The van der Waals surface area contributed by atoms with E-state index in [4.69, 9.17) is 18.6 Å². The van der Waals surface area contributed by atoms with Gasteiger partial charge < -0.3 is 19.5 Å². The molecule has 2 aliphatic rings. The first-order chi connectivity index (χ1) is 15.4. The highest BCUT2D eigenvalue weighted by Crippen LogP contribution is 2.53. The lowest BCUT2D eigenvalue weighted by Crippen LogP contribution is -2.30. The quantitative estimate of drug-likeness (QED) is 0.298. The molecular formula is C19H25NO11S2. The number of nitrogens with one attached hydrogen (secondary N) is 1. The third kappa shape index (κ3) is 7.11. The molecule has 1 aromatic rings. The summed E-state index contributed by atoms with van der Waals surface area (Å²) < 4.78 is 75.9. The summed E-state index contributed by atoms with van der Waals surface area (Å²) >= 11 is 0. The third-order valence-corrected chi connectivity index (χ3v) is 6.95. The van der Waals surface area contributed by atoms with E-state index < -0.39 is 68.5 Å². The van der Waals surface area contributed by atoms with Crippen molar-refractivity contribution in [1.29, 1.82) is 0 Å². The second kappa shape index (κ2) is 9.93. The van der Waals surface area contributed by atoms with Gasteiger partial charge in [0.15, 0.2) is 0 Å². The molecule has 3 atom stereocenters. The number of carbonyl (C=O) groups is 2. The molecule has 0 spiro atoms. The van der Waals surface area contributed by atoms with E-state index in [1.165, 1.54) is 0 Å². The van der Waals surface area contributed by atoms with Crippen LogP contribution in [0.25, 0.3) is 0 Å². The van der Waals surface area contributed by atoms with E-state index in [-0.39, 0.29) is 12.6 Å². The fourth-order valence-corrected chi connectivity index (χ4v) is 4.60. The Balaban J connectivity index is 1.51. The van der Waals surface area contributed by atoms with E-state index >= 15 is 0 Å². The van der Waals surface area contributed by atoms with E-state index in [2.05, 4.69) is 10.1 Å². The highest BCUT2D eigenvalue weighted by molar-refractivity contribution is 7.86. The van der Waals surface area contributed by atoms with E-state index in [1.807, 2.05) is 12.1 Å². The lowest BCUT2D eigenvalue weighted by Gasteiger charge is -2.27. The molecule has 1 aromatic carbocycles. The minimum Gasteiger partial charge on any atom is -0.464 e. The van der Waals surface area contributed by atoms with Crippen LogP contribution in [0.2, 0.25) is 0 Å². The lowest BCUT2D eigenvalue weighted by atomic mass is 9.77. The van der Waals surface area contributed by atoms with Crippen LogP contribution in [0, 0.1) is 5.92 Å². The molecule has 3 rings (SSSR count). The highest BCUT2D eigenvalue weighted by Gasteiger charge is 2.55. The van der Waals surface area contributed by atoms with Gasteiger partial charge in [0.05, 0.1) is 17.6 Å². The van der Waals surface area contributed by atoms with Gasteiger partial charge in [-0.3, -0.25) is 13.9 Å². The lowest BCUT2D eigenvalue weighted by molar-refractivity contribution is -0.149. The number of hydrogen-bond acceptors (Lipinski definition) is 9. The summed E-state index contributed by atoms with van der Waals surface area (Å²) in [5.41, 5.74) is 0.950. The van der Waals surface area contributed by atoms with Crippen molar-refractivity contribution in [2.45, 2.75) is 37.5 Å². The number of esters is 1. The van der Waals surface area contributed by atoms with Gasteiger partial charge in [-0.2, -0.15) is 16.8 Å². The van der Waals surface area contributed by atoms with Crippen LogP contribution in [0.1, 0.15) is 30.4 Å². The Morgan fingerprint density at radius 1 is 1.03 bits per heavy atom. The summed E-state index contributed by atoms with van der Waals surface area (Å²) in [6.07, 6.45) is 0.595. The number of amides is 1. The van der Waals surface area contributed by atoms with Crippen molar-refractivity contribution in [2.75, 3.05) is 24.7 Å². The van der Waals surface area contributed by atoms with Crippen LogP contribution in [0.15, 0.2) is 24.3 Å². The van der Waals surface area contributed by atoms with E-state index in [1.54, 1.807) is 12.1 Å². The Labute approximate surface area is 191 Å². The first-order valence-corrected chi connectivity index (χ1v) is 13.3. The van der Waals surface area contributed by atoms with Crippen molar-refractivity contribution in [3.05, 3.63) is 35.4 Å². The smallest absolute Gasteiger partial charge is 0.407 e. The molecule has 14 heteroatoms. The zero-order valence-electron chi connectivity index (χ0n) is 17.5. The second-order valence-electron chi connectivity index (χ2n) is 7.93. The van der Waals surface area contributed by atoms with Gasteiger partial charge in [-0.25, -0.2) is 4.79 Å². The molecule has 2 fully saturated rings. The molecule has 184 valence electrons. The van der Waals surface area contributed by atoms with Crippen LogP contribution in [0.3, 0.4) is 0 Å². The number of alkyl carbamates (subject to hydrolysis) is 1. The van der Waals surface area contributed by atoms with E-state index in [9.17, 15) is 26.4 Å². The van der Waals surface area contributed by atoms with Crippen molar-refractivity contribution < 1.29 is 49.7 Å². The minimum absolute atomic E-state index is 0.129. The number of fused-ring (bicyclic) bond motifs is 2. The largest absolute Gasteiger partial charge is 0.464 e. The van der Waals surface area contributed by atoms with Gasteiger partial charge in [-0.15, -0.1) is 0 Å². The first kappa shape index (κ1) is 25.4. The van der Waals surface area contributed by atoms with Gasteiger partial charge >= 0.3 is 12.1 Å². The third-order valence-electron chi connectivity index (χ3n) is 5.59. The average molecular weight is 508 g/mol. The van der Waals surface area contributed by atoms with Crippen LogP contribution >= 0.6 is 0 Å². The molecule has 3 N–H and O–H groups in total. The van der Waals surface area contributed by atoms with Crippen molar-refractivity contribution in [3.8, 4) is 0 Å². The summed E-state index contributed by atoms with van der Waals surface area (Å²) in [4.78, 5) is 23.9. The summed E-state index contributed by atoms with van der Waals surface area (Å²) in [7, 11) is -8.42. The van der Waals surface area contributed by atoms with Crippen molar-refractivity contribution in [3.63, 3.8) is 0 Å². The minimum atomic E-state index is -4.21. The fourth-order valence-electron chi connectivity index (χ4n) is 4.01. The van der Waals surface area contributed by atoms with Gasteiger partial charge in [0.1, 0.15) is 24.7 Å². The first-order valence-electron chi connectivity index (χ1n) is 10.1. The van der Waals surface area contributed by atoms with Crippen molar-refractivity contribution >= 4 is 32.3 Å². The molecule has 0 radical (unpaired) electrons. The number of ether oxygens (including phenoxy) is 3. The molecule has 0 saturated carbocycles. The van der Waals surface area contributed by atoms with E-state index in [0.717, 1.165) is 11.1 Å². The van der Waals surface area contributed by atoms with Crippen LogP contribution in [0.4, 0.5) is 4.79 Å². The Kier molecular flexibility index (Phi) is 7.63. The molecule has 2 aliphatic heterocycles. The topological polar surface area (TPSA) is 183 Å². The maximum absolute atomic E-state index is 12.3. The summed E-state index contributed by atoms with van der Waals surface area (Å²) in [5.74, 6) is -2.43. The van der Waals surface area contributed by atoms with Crippen LogP contribution in [-0.2, 0) is 51.4 Å². The van der Waals surface area contributed by atoms with Gasteiger partial charge in [0.25, 0.3) is 20.2 Å². The standard InChI is InChI=1S/C19H25NO11S2/c21-17(29-7-9-32(23,24)25)15-11-19(6-5-16(15)31-19)14-3-1-13(2-4-14)12-20-18(22)30-8-10-33(26,27)28/h1-4,15-16H,5-12H2,(H,20,22)(H,23,24,25)(H,26,27,28).